The number of carboxylic acids is 1. The zero-order valence-electron chi connectivity index (χ0n) is 7.71. The van der Waals surface area contributed by atoms with E-state index in [0.29, 0.717) is 0 Å². The van der Waals surface area contributed by atoms with Gasteiger partial charge in [0.2, 0.25) is 5.91 Å². The predicted molar refractivity (Wildman–Crippen MR) is 49.7 cm³/mol. The summed E-state index contributed by atoms with van der Waals surface area (Å²) >= 11 is 0. The second kappa shape index (κ2) is 5.63. The van der Waals surface area contributed by atoms with Crippen LogP contribution in [0.25, 0.3) is 0 Å². The Morgan fingerprint density at radius 2 is 1.93 bits per heavy atom. The van der Waals surface area contributed by atoms with Gasteiger partial charge in [0.1, 0.15) is 6.04 Å². The van der Waals surface area contributed by atoms with Crippen molar-refractivity contribution in [3.05, 3.63) is 0 Å². The van der Waals surface area contributed by atoms with E-state index < -0.39 is 40.2 Å². The van der Waals surface area contributed by atoms with Crippen LogP contribution < -0.4 is 11.1 Å². The van der Waals surface area contributed by atoms with Crippen molar-refractivity contribution in [2.45, 2.75) is 12.5 Å². The minimum atomic E-state index is -4.15. The van der Waals surface area contributed by atoms with Crippen molar-refractivity contribution in [3.63, 3.8) is 0 Å². The molecule has 0 fully saturated rings. The fourth-order valence-corrected chi connectivity index (χ4v) is 1.19. The fourth-order valence-electron chi connectivity index (χ4n) is 0.810. The Kier molecular flexibility index (Phi) is 5.19. The third-order valence-corrected chi connectivity index (χ3v) is 2.17. The van der Waals surface area contributed by atoms with Crippen molar-refractivity contribution in [1.82, 2.24) is 5.32 Å². The maximum absolute atomic E-state index is 10.5. The highest BCUT2D eigenvalue weighted by atomic mass is 32.2. The van der Waals surface area contributed by atoms with Gasteiger partial charge in [-0.25, -0.2) is 0 Å². The van der Waals surface area contributed by atoms with Gasteiger partial charge in [-0.3, -0.25) is 14.1 Å². The van der Waals surface area contributed by atoms with Gasteiger partial charge in [-0.2, -0.15) is 8.42 Å². The lowest BCUT2D eigenvalue weighted by atomic mass is 10.2. The Bertz CT molecular complexity index is 338. The molecule has 5 N–H and O–H groups in total. The number of primary amides is 1. The Labute approximate surface area is 86.2 Å². The third kappa shape index (κ3) is 7.85. The number of hydrogen-bond acceptors (Lipinski definition) is 5. The number of carbonyl (C=O) groups excluding carboxylic acids is 1. The van der Waals surface area contributed by atoms with Crippen molar-refractivity contribution in [1.29, 1.82) is 0 Å². The zero-order chi connectivity index (χ0) is 12.1. The van der Waals surface area contributed by atoms with Gasteiger partial charge in [-0.1, -0.05) is 0 Å². The molecule has 1 amide bonds. The van der Waals surface area contributed by atoms with Crippen LogP contribution in [0.5, 0.6) is 0 Å². The molecule has 0 aliphatic carbocycles. The molecule has 0 aliphatic heterocycles. The molecular weight excluding hydrogens is 228 g/mol. The van der Waals surface area contributed by atoms with E-state index in [1.165, 1.54) is 0 Å². The summed E-state index contributed by atoms with van der Waals surface area (Å²) in [5.74, 6) is -2.76. The number of aliphatic carboxylic acids is 1. The molecule has 0 spiro atoms. The molecule has 0 saturated carbocycles. The van der Waals surface area contributed by atoms with Gasteiger partial charge in [-0.15, -0.1) is 0 Å². The molecule has 0 aromatic heterocycles. The van der Waals surface area contributed by atoms with Crippen molar-refractivity contribution in [3.8, 4) is 0 Å². The summed E-state index contributed by atoms with van der Waals surface area (Å²) in [5, 5.41) is 10.8. The monoisotopic (exact) mass is 240 g/mol. The summed E-state index contributed by atoms with van der Waals surface area (Å²) in [4.78, 5) is 20.9. The number of hydrogen-bond donors (Lipinski definition) is 4. The zero-order valence-corrected chi connectivity index (χ0v) is 8.53. The summed E-state index contributed by atoms with van der Waals surface area (Å²) in [6, 6.07) is -1.25. The first-order valence-electron chi connectivity index (χ1n) is 3.92. The summed E-state index contributed by atoms with van der Waals surface area (Å²) in [5.41, 5.74) is 4.78. The van der Waals surface area contributed by atoms with Crippen molar-refractivity contribution < 1.29 is 27.7 Å². The molecule has 0 bridgehead atoms. The summed E-state index contributed by atoms with van der Waals surface area (Å²) in [6.45, 7) is -0.275. The number of rotatable bonds is 7. The van der Waals surface area contributed by atoms with Gasteiger partial charge in [0.25, 0.3) is 10.1 Å². The van der Waals surface area contributed by atoms with Crippen LogP contribution in [0.15, 0.2) is 0 Å². The van der Waals surface area contributed by atoms with E-state index >= 15 is 0 Å². The van der Waals surface area contributed by atoms with E-state index in [1.54, 1.807) is 0 Å². The molecule has 0 unspecified atom stereocenters. The van der Waals surface area contributed by atoms with E-state index in [9.17, 15) is 18.0 Å². The van der Waals surface area contributed by atoms with Gasteiger partial charge in [0.15, 0.2) is 0 Å². The van der Waals surface area contributed by atoms with Gasteiger partial charge in [0, 0.05) is 6.54 Å². The minimum absolute atomic E-state index is 0.275. The highest BCUT2D eigenvalue weighted by Crippen LogP contribution is 1.91. The predicted octanol–water partition coefficient (Wildman–Crippen LogP) is -2.21. The largest absolute Gasteiger partial charge is 0.480 e. The van der Waals surface area contributed by atoms with E-state index in [-0.39, 0.29) is 6.54 Å². The summed E-state index contributed by atoms with van der Waals surface area (Å²) in [6.07, 6.45) is -0.444. The van der Waals surface area contributed by atoms with Gasteiger partial charge < -0.3 is 16.2 Å². The van der Waals surface area contributed by atoms with Crippen molar-refractivity contribution >= 4 is 22.0 Å². The molecule has 0 aromatic rings. The second-order valence-electron chi connectivity index (χ2n) is 2.80. The molecule has 0 aliphatic rings. The van der Waals surface area contributed by atoms with E-state index in [4.69, 9.17) is 15.4 Å². The van der Waals surface area contributed by atoms with Crippen LogP contribution in [-0.2, 0) is 19.7 Å². The third-order valence-electron chi connectivity index (χ3n) is 1.45. The summed E-state index contributed by atoms with van der Waals surface area (Å²) < 4.78 is 28.9. The smallest absolute Gasteiger partial charge is 0.321 e. The van der Waals surface area contributed by atoms with Crippen molar-refractivity contribution in [2.24, 2.45) is 5.73 Å². The number of nitrogens with two attached hydrogens (primary N) is 1. The van der Waals surface area contributed by atoms with Crippen LogP contribution in [0, 0.1) is 0 Å². The van der Waals surface area contributed by atoms with E-state index in [2.05, 4.69) is 5.32 Å². The molecule has 0 saturated heterocycles. The normalized spacial score (nSPS) is 13.4. The van der Waals surface area contributed by atoms with Crippen molar-refractivity contribution in [2.75, 3.05) is 12.3 Å². The molecule has 15 heavy (non-hydrogen) atoms. The Hall–Kier alpha value is -1.19. The molecule has 0 heterocycles. The maximum Gasteiger partial charge on any atom is 0.321 e. The Morgan fingerprint density at radius 3 is 2.27 bits per heavy atom. The number of carbonyl (C=O) groups is 2. The molecule has 9 heteroatoms. The average Bonchev–Trinajstić information content (AvgIpc) is 1.99. The van der Waals surface area contributed by atoms with Crippen LogP contribution in [0.4, 0.5) is 0 Å². The van der Waals surface area contributed by atoms with E-state index in [0.717, 1.165) is 0 Å². The second-order valence-corrected chi connectivity index (χ2v) is 4.37. The quantitative estimate of drug-likeness (QED) is 0.369. The summed E-state index contributed by atoms with van der Waals surface area (Å²) in [7, 11) is -4.15. The number of carboxylic acid groups (broad SMARTS) is 1. The fraction of sp³-hybridized carbons (Fsp3) is 0.667. The van der Waals surface area contributed by atoms with Crippen LogP contribution in [0.1, 0.15) is 6.42 Å². The molecule has 0 radical (unpaired) electrons. The van der Waals surface area contributed by atoms with Gasteiger partial charge >= 0.3 is 5.97 Å². The maximum atomic E-state index is 10.5. The Balaban J connectivity index is 4.09. The highest BCUT2D eigenvalue weighted by molar-refractivity contribution is 7.85. The minimum Gasteiger partial charge on any atom is -0.480 e. The first kappa shape index (κ1) is 13.8. The van der Waals surface area contributed by atoms with E-state index in [1.807, 2.05) is 0 Å². The molecule has 8 nitrogen and oxygen atoms in total. The molecule has 88 valence electrons. The van der Waals surface area contributed by atoms with Gasteiger partial charge in [0.05, 0.1) is 12.2 Å². The van der Waals surface area contributed by atoms with Crippen LogP contribution >= 0.6 is 0 Å². The van der Waals surface area contributed by atoms with Crippen LogP contribution in [0.3, 0.4) is 0 Å². The van der Waals surface area contributed by atoms with Gasteiger partial charge in [-0.05, 0) is 0 Å². The molecular formula is C6H12N2O6S. The van der Waals surface area contributed by atoms with Crippen LogP contribution in [-0.4, -0.2) is 48.3 Å². The molecule has 0 rings (SSSR count). The number of nitrogens with one attached hydrogen (secondary N) is 1. The lowest BCUT2D eigenvalue weighted by molar-refractivity contribution is -0.141. The first-order valence-corrected chi connectivity index (χ1v) is 5.53. The number of amides is 1. The van der Waals surface area contributed by atoms with Crippen LogP contribution in [0.2, 0.25) is 0 Å². The molecule has 1 atom stereocenters. The lowest BCUT2D eigenvalue weighted by Gasteiger charge is -2.11. The highest BCUT2D eigenvalue weighted by Gasteiger charge is 2.19. The topological polar surface area (TPSA) is 147 Å². The average molecular weight is 240 g/mol. The SMILES string of the molecule is NC(=O)C[C@H](NCCS(=O)(=O)O)C(=O)O. The first-order chi connectivity index (χ1) is 6.72. The Morgan fingerprint density at radius 1 is 1.40 bits per heavy atom. The standard InChI is InChI=1S/C6H12N2O6S/c7-5(9)3-4(6(10)11)8-1-2-15(12,13)14/h4,8H,1-3H2,(H2,7,9)(H,10,11)(H,12,13,14)/t4-/m0/s1. The lowest BCUT2D eigenvalue weighted by Crippen LogP contribution is -2.41. The molecule has 0 aromatic carbocycles.